The molecule has 0 spiro atoms. The normalized spacial score (nSPS) is 23.1. The highest BCUT2D eigenvalue weighted by atomic mass is 32.2. The van der Waals surface area contributed by atoms with Crippen LogP contribution in [0.3, 0.4) is 0 Å². The van der Waals surface area contributed by atoms with E-state index in [-0.39, 0.29) is 5.91 Å². The Hall–Kier alpha value is -1.98. The third-order valence-corrected chi connectivity index (χ3v) is 7.34. The molecule has 3 aliphatic rings. The Balaban J connectivity index is 1.59. The quantitative estimate of drug-likeness (QED) is 0.712. The van der Waals surface area contributed by atoms with Crippen LogP contribution in [0.4, 0.5) is 10.6 Å². The number of rotatable bonds is 3. The Morgan fingerprint density at radius 3 is 2.57 bits per heavy atom. The maximum Gasteiger partial charge on any atom is 0.412 e. The first-order valence-electron chi connectivity index (χ1n) is 8.93. The van der Waals surface area contributed by atoms with Crippen molar-refractivity contribution in [3.63, 3.8) is 0 Å². The van der Waals surface area contributed by atoms with Crippen LogP contribution in [-0.2, 0) is 9.53 Å². The zero-order valence-electron chi connectivity index (χ0n) is 15.7. The molecule has 4 heterocycles. The van der Waals surface area contributed by atoms with Gasteiger partial charge in [-0.05, 0) is 13.1 Å². The van der Waals surface area contributed by atoms with Gasteiger partial charge in [0, 0.05) is 43.8 Å². The number of aromatic nitrogens is 2. The third-order valence-electron chi connectivity index (χ3n) is 4.74. The van der Waals surface area contributed by atoms with Gasteiger partial charge in [0.15, 0.2) is 5.82 Å². The molecule has 3 aliphatic heterocycles. The fourth-order valence-corrected chi connectivity index (χ4v) is 5.58. The number of amides is 2. The molecule has 1 atom stereocenters. The molecule has 1 fully saturated rings. The fourth-order valence-electron chi connectivity index (χ4n) is 3.16. The molecule has 1 aromatic rings. The molecule has 11 heteroatoms. The number of hydrogen-bond donors (Lipinski definition) is 0. The standard InChI is InChI=1S/C17H21N5O4S2/c1-20-5-7-21(8-6-20)17(24)26-16-14-13(27-9-10-28-14)15(23)22(16)11-3-4-12(25-2)19-18-11/h3-4,16H,5-10H2,1-2H3. The van der Waals surface area contributed by atoms with Gasteiger partial charge >= 0.3 is 6.09 Å². The molecule has 1 unspecified atom stereocenters. The summed E-state index contributed by atoms with van der Waals surface area (Å²) in [5.41, 5.74) is 0. The highest BCUT2D eigenvalue weighted by Crippen LogP contribution is 2.45. The molecule has 0 N–H and O–H groups in total. The summed E-state index contributed by atoms with van der Waals surface area (Å²) in [6.45, 7) is 2.80. The second-order valence-electron chi connectivity index (χ2n) is 6.53. The minimum absolute atomic E-state index is 0.206. The second kappa shape index (κ2) is 8.18. The average Bonchev–Trinajstić information content (AvgIpc) is 3.00. The predicted molar refractivity (Wildman–Crippen MR) is 107 cm³/mol. The molecule has 1 aromatic heterocycles. The molecular weight excluding hydrogens is 402 g/mol. The van der Waals surface area contributed by atoms with E-state index < -0.39 is 12.3 Å². The smallest absolute Gasteiger partial charge is 0.412 e. The summed E-state index contributed by atoms with van der Waals surface area (Å²) in [6, 6.07) is 3.28. The van der Waals surface area contributed by atoms with Crippen molar-refractivity contribution in [2.45, 2.75) is 6.23 Å². The van der Waals surface area contributed by atoms with Crippen molar-refractivity contribution >= 4 is 41.3 Å². The molecule has 2 amide bonds. The molecule has 4 rings (SSSR count). The van der Waals surface area contributed by atoms with Crippen molar-refractivity contribution in [1.29, 1.82) is 0 Å². The second-order valence-corrected chi connectivity index (χ2v) is 8.77. The fraction of sp³-hybridized carbons (Fsp3) is 0.529. The summed E-state index contributed by atoms with van der Waals surface area (Å²) in [4.78, 5) is 32.5. The predicted octanol–water partition coefficient (Wildman–Crippen LogP) is 1.23. The van der Waals surface area contributed by atoms with Crippen LogP contribution in [0.15, 0.2) is 21.9 Å². The van der Waals surface area contributed by atoms with Crippen LogP contribution in [-0.4, -0.2) is 90.1 Å². The summed E-state index contributed by atoms with van der Waals surface area (Å²) in [7, 11) is 3.52. The molecule has 150 valence electrons. The summed E-state index contributed by atoms with van der Waals surface area (Å²) in [5, 5.41) is 8.04. The Bertz CT molecular complexity index is 795. The first-order valence-corrected chi connectivity index (χ1v) is 10.9. The number of hydrogen-bond acceptors (Lipinski definition) is 9. The van der Waals surface area contributed by atoms with Gasteiger partial charge in [-0.3, -0.25) is 4.79 Å². The van der Waals surface area contributed by atoms with E-state index in [2.05, 4.69) is 15.1 Å². The van der Waals surface area contributed by atoms with Gasteiger partial charge in [0.05, 0.1) is 16.9 Å². The van der Waals surface area contributed by atoms with E-state index in [4.69, 9.17) is 9.47 Å². The number of likely N-dealkylation sites (N-methyl/N-ethyl adjacent to an activating group) is 1. The summed E-state index contributed by atoms with van der Waals surface area (Å²) >= 11 is 3.06. The van der Waals surface area contributed by atoms with Crippen molar-refractivity contribution in [3.8, 4) is 5.88 Å². The van der Waals surface area contributed by atoms with Gasteiger partial charge in [-0.15, -0.1) is 33.7 Å². The molecule has 0 aromatic carbocycles. The van der Waals surface area contributed by atoms with Crippen LogP contribution in [0.2, 0.25) is 0 Å². The molecule has 0 saturated carbocycles. The van der Waals surface area contributed by atoms with E-state index in [1.54, 1.807) is 28.8 Å². The Morgan fingerprint density at radius 2 is 1.89 bits per heavy atom. The Kier molecular flexibility index (Phi) is 5.65. The van der Waals surface area contributed by atoms with Gasteiger partial charge in [-0.25, -0.2) is 9.69 Å². The van der Waals surface area contributed by atoms with Crippen LogP contribution < -0.4 is 9.64 Å². The van der Waals surface area contributed by atoms with Crippen LogP contribution in [0.1, 0.15) is 0 Å². The number of piperazine rings is 1. The number of thioether (sulfide) groups is 2. The molecule has 28 heavy (non-hydrogen) atoms. The lowest BCUT2D eigenvalue weighted by Gasteiger charge is -2.33. The van der Waals surface area contributed by atoms with E-state index in [9.17, 15) is 9.59 Å². The zero-order valence-corrected chi connectivity index (χ0v) is 17.3. The monoisotopic (exact) mass is 423 g/mol. The molecule has 1 saturated heterocycles. The lowest BCUT2D eigenvalue weighted by atomic mass is 10.3. The summed E-state index contributed by atoms with van der Waals surface area (Å²) < 4.78 is 10.9. The average molecular weight is 424 g/mol. The molecular formula is C17H21N5O4S2. The van der Waals surface area contributed by atoms with Crippen molar-refractivity contribution in [2.24, 2.45) is 0 Å². The van der Waals surface area contributed by atoms with E-state index in [0.717, 1.165) is 29.5 Å². The van der Waals surface area contributed by atoms with Crippen molar-refractivity contribution in [3.05, 3.63) is 21.9 Å². The number of methoxy groups -OCH3 is 1. The lowest BCUT2D eigenvalue weighted by molar-refractivity contribution is -0.115. The first-order chi connectivity index (χ1) is 13.6. The van der Waals surface area contributed by atoms with Crippen LogP contribution >= 0.6 is 23.5 Å². The topological polar surface area (TPSA) is 88.1 Å². The largest absolute Gasteiger partial charge is 0.480 e. The number of anilines is 1. The van der Waals surface area contributed by atoms with Crippen molar-refractivity contribution in [2.75, 3.05) is 56.7 Å². The number of ether oxygens (including phenoxy) is 2. The maximum absolute atomic E-state index is 13.0. The first kappa shape index (κ1) is 19.3. The third kappa shape index (κ3) is 3.65. The van der Waals surface area contributed by atoms with Gasteiger partial charge in [0.1, 0.15) is 0 Å². The number of carbonyl (C=O) groups is 2. The number of carbonyl (C=O) groups excluding carboxylic acids is 2. The zero-order chi connectivity index (χ0) is 19.7. The molecule has 0 bridgehead atoms. The van der Waals surface area contributed by atoms with Gasteiger partial charge in [-0.1, -0.05) is 0 Å². The van der Waals surface area contributed by atoms with Gasteiger partial charge in [0.2, 0.25) is 12.1 Å². The highest BCUT2D eigenvalue weighted by Gasteiger charge is 2.45. The summed E-state index contributed by atoms with van der Waals surface area (Å²) in [5.74, 6) is 2.18. The van der Waals surface area contributed by atoms with E-state index in [1.165, 1.54) is 23.8 Å². The highest BCUT2D eigenvalue weighted by molar-refractivity contribution is 8.10. The van der Waals surface area contributed by atoms with E-state index in [1.807, 2.05) is 7.05 Å². The molecule has 0 aliphatic carbocycles. The van der Waals surface area contributed by atoms with Gasteiger partial charge in [-0.2, -0.15) is 0 Å². The van der Waals surface area contributed by atoms with Crippen molar-refractivity contribution in [1.82, 2.24) is 20.0 Å². The van der Waals surface area contributed by atoms with Crippen LogP contribution in [0.5, 0.6) is 5.88 Å². The minimum Gasteiger partial charge on any atom is -0.480 e. The maximum atomic E-state index is 13.0. The van der Waals surface area contributed by atoms with Crippen molar-refractivity contribution < 1.29 is 19.1 Å². The molecule has 9 nitrogen and oxygen atoms in total. The SMILES string of the molecule is COc1ccc(N2C(=O)C3=C(SCCS3)C2OC(=O)N2CCN(C)CC2)nn1. The molecule has 0 radical (unpaired) electrons. The number of nitrogens with zero attached hydrogens (tertiary/aromatic N) is 5. The van der Waals surface area contributed by atoms with E-state index >= 15 is 0 Å². The van der Waals surface area contributed by atoms with E-state index in [0.29, 0.717) is 29.7 Å². The van der Waals surface area contributed by atoms with Crippen LogP contribution in [0.25, 0.3) is 0 Å². The minimum atomic E-state index is -0.810. The lowest BCUT2D eigenvalue weighted by Crippen LogP contribution is -2.49. The Morgan fingerprint density at radius 1 is 1.14 bits per heavy atom. The Labute approximate surface area is 171 Å². The van der Waals surface area contributed by atoms with Crippen LogP contribution in [0, 0.1) is 0 Å². The van der Waals surface area contributed by atoms with Gasteiger partial charge < -0.3 is 19.3 Å². The van der Waals surface area contributed by atoms with Gasteiger partial charge in [0.25, 0.3) is 5.91 Å². The summed E-state index contributed by atoms with van der Waals surface area (Å²) in [6.07, 6.45) is -1.22.